The lowest BCUT2D eigenvalue weighted by Crippen LogP contribution is -2.32. The molecule has 0 bridgehead atoms. The molecule has 0 fully saturated rings. The average Bonchev–Trinajstić information content (AvgIpc) is 2.08. The normalized spacial score (nSPS) is 26.7. The maximum atomic E-state index is 8.26. The number of hydrogen-bond acceptors (Lipinski definition) is 4. The summed E-state index contributed by atoms with van der Waals surface area (Å²) in [5, 5.41) is 10.6. The summed E-state index contributed by atoms with van der Waals surface area (Å²) in [5.74, 6) is 0. The molecule has 0 saturated heterocycles. The summed E-state index contributed by atoms with van der Waals surface area (Å²) >= 11 is 0. The molecule has 0 radical (unpaired) electrons. The first-order chi connectivity index (χ1) is 5.06. The van der Waals surface area contributed by atoms with Gasteiger partial charge in [-0.1, -0.05) is 0 Å². The summed E-state index contributed by atoms with van der Waals surface area (Å²) < 4.78 is 5.32. The van der Waals surface area contributed by atoms with Gasteiger partial charge < -0.3 is 4.74 Å². The molecule has 60 valence electrons. The van der Waals surface area contributed by atoms with E-state index in [0.29, 0.717) is 6.02 Å². The Morgan fingerprint density at radius 1 is 1.73 bits per heavy atom. The maximum absolute atomic E-state index is 8.26. The first-order valence-corrected chi connectivity index (χ1v) is 3.48. The van der Waals surface area contributed by atoms with Crippen LogP contribution in [0.15, 0.2) is 4.99 Å². The van der Waals surface area contributed by atoms with Gasteiger partial charge in [-0.05, 0) is 20.8 Å². The van der Waals surface area contributed by atoms with Crippen LogP contribution in [0.4, 0.5) is 0 Å². The molecule has 1 aliphatic rings. The first kappa shape index (κ1) is 7.86. The van der Waals surface area contributed by atoms with Gasteiger partial charge >= 0.3 is 0 Å². The fourth-order valence-electron chi connectivity index (χ4n) is 0.798. The lowest BCUT2D eigenvalue weighted by atomic mass is 10.0. The number of nitrogens with one attached hydrogen (secondary N) is 1. The minimum Gasteiger partial charge on any atom is -0.456 e. The van der Waals surface area contributed by atoms with E-state index in [-0.39, 0.29) is 11.6 Å². The predicted octanol–water partition coefficient (Wildman–Crippen LogP) is 0.610. The highest BCUT2D eigenvalue weighted by Crippen LogP contribution is 2.23. The van der Waals surface area contributed by atoms with Gasteiger partial charge in [0, 0.05) is 0 Å². The lowest BCUT2D eigenvalue weighted by Gasteiger charge is -2.21. The summed E-state index contributed by atoms with van der Waals surface area (Å²) in [6.45, 7) is 5.83. The van der Waals surface area contributed by atoms with Gasteiger partial charge in [-0.25, -0.2) is 10.3 Å². The van der Waals surface area contributed by atoms with Gasteiger partial charge in [-0.15, -0.1) is 0 Å². The Morgan fingerprint density at radius 3 is 2.73 bits per heavy atom. The molecule has 4 nitrogen and oxygen atoms in total. The van der Waals surface area contributed by atoms with Crippen LogP contribution in [-0.2, 0) is 4.74 Å². The lowest BCUT2D eigenvalue weighted by molar-refractivity contribution is 0.0985. The topological polar surface area (TPSA) is 57.4 Å². The zero-order valence-electron chi connectivity index (χ0n) is 6.88. The van der Waals surface area contributed by atoms with Crippen LogP contribution in [0, 0.1) is 11.5 Å². The number of rotatable bonds is 0. The van der Waals surface area contributed by atoms with Crippen LogP contribution in [-0.4, -0.2) is 17.7 Å². The number of amidine groups is 1. The molecule has 0 aromatic rings. The Kier molecular flexibility index (Phi) is 1.73. The second-order valence-electron chi connectivity index (χ2n) is 3.05. The Balaban J connectivity index is 2.65. The first-order valence-electron chi connectivity index (χ1n) is 3.48. The molecule has 0 aromatic carbocycles. The monoisotopic (exact) mass is 153 g/mol. The molecule has 0 saturated carbocycles. The molecular weight excluding hydrogens is 142 g/mol. The molecule has 0 spiro atoms. The van der Waals surface area contributed by atoms with Crippen LogP contribution in [0.25, 0.3) is 0 Å². The number of nitriles is 1. The van der Waals surface area contributed by atoms with Crippen molar-refractivity contribution in [2.75, 3.05) is 0 Å². The van der Waals surface area contributed by atoms with Crippen molar-refractivity contribution >= 4 is 6.02 Å². The third kappa shape index (κ3) is 1.43. The van der Waals surface area contributed by atoms with E-state index < -0.39 is 0 Å². The molecule has 4 heteroatoms. The van der Waals surface area contributed by atoms with E-state index in [4.69, 9.17) is 10.00 Å². The second-order valence-corrected chi connectivity index (χ2v) is 3.05. The Hall–Kier alpha value is -1.24. The molecule has 1 rings (SSSR count). The van der Waals surface area contributed by atoms with Gasteiger partial charge in [0.1, 0.15) is 5.60 Å². The fraction of sp³-hybridized carbons (Fsp3) is 0.714. The van der Waals surface area contributed by atoms with Gasteiger partial charge in [-0.2, -0.15) is 5.26 Å². The summed E-state index contributed by atoms with van der Waals surface area (Å²) in [5.41, 5.74) is -0.292. The smallest absolute Gasteiger partial charge is 0.299 e. The highest BCUT2D eigenvalue weighted by atomic mass is 16.5. The third-order valence-electron chi connectivity index (χ3n) is 1.84. The summed E-state index contributed by atoms with van der Waals surface area (Å²) in [6.07, 6.45) is 1.76. The Bertz CT molecular complexity index is 226. The van der Waals surface area contributed by atoms with Gasteiger partial charge in [-0.3, -0.25) is 0 Å². The average molecular weight is 153 g/mol. The summed E-state index contributed by atoms with van der Waals surface area (Å²) in [4.78, 5) is 4.09. The molecule has 1 N–H and O–H groups in total. The predicted molar refractivity (Wildman–Crippen MR) is 40.8 cm³/mol. The molecular formula is C7H11N3O. The zero-order valence-corrected chi connectivity index (χ0v) is 6.88. The van der Waals surface area contributed by atoms with Crippen LogP contribution < -0.4 is 5.32 Å². The van der Waals surface area contributed by atoms with Crippen LogP contribution in [0.5, 0.6) is 0 Å². The molecule has 0 aromatic heterocycles. The van der Waals surface area contributed by atoms with Crippen LogP contribution in [0.2, 0.25) is 0 Å². The van der Waals surface area contributed by atoms with E-state index >= 15 is 0 Å². The van der Waals surface area contributed by atoms with Gasteiger partial charge in [0.2, 0.25) is 0 Å². The molecule has 11 heavy (non-hydrogen) atoms. The summed E-state index contributed by atoms with van der Waals surface area (Å²) in [6, 6.07) is 0.420. The quantitative estimate of drug-likeness (QED) is 0.409. The van der Waals surface area contributed by atoms with Gasteiger partial charge in [0.15, 0.2) is 6.19 Å². The molecule has 0 amide bonds. The second kappa shape index (κ2) is 2.42. The molecule has 1 unspecified atom stereocenters. The third-order valence-corrected chi connectivity index (χ3v) is 1.84. The number of ether oxygens (including phenoxy) is 1. The number of hydrogen-bond donors (Lipinski definition) is 1. The number of nitrogens with zero attached hydrogens (tertiary/aromatic N) is 2. The van der Waals surface area contributed by atoms with E-state index in [2.05, 4.69) is 10.3 Å². The van der Waals surface area contributed by atoms with E-state index in [0.717, 1.165) is 0 Å². The SMILES string of the molecule is CC1N=C(NC#N)OC1(C)C. The van der Waals surface area contributed by atoms with Crippen molar-refractivity contribution in [2.24, 2.45) is 4.99 Å². The van der Waals surface area contributed by atoms with Crippen LogP contribution >= 0.6 is 0 Å². The maximum Gasteiger partial charge on any atom is 0.299 e. The van der Waals surface area contributed by atoms with Crippen molar-refractivity contribution in [1.29, 1.82) is 5.26 Å². The molecule has 1 aliphatic heterocycles. The minimum absolute atomic E-state index is 0.0957. The van der Waals surface area contributed by atoms with E-state index in [9.17, 15) is 0 Å². The van der Waals surface area contributed by atoms with Crippen molar-refractivity contribution in [3.63, 3.8) is 0 Å². The van der Waals surface area contributed by atoms with Crippen molar-refractivity contribution in [1.82, 2.24) is 5.32 Å². The van der Waals surface area contributed by atoms with Crippen LogP contribution in [0.3, 0.4) is 0 Å². The standard InChI is InChI=1S/C7H11N3O/c1-5-7(2,3)11-6(10-5)9-4-8/h5H,1-3H3,(H,9,10). The Morgan fingerprint density at radius 2 is 2.36 bits per heavy atom. The largest absolute Gasteiger partial charge is 0.456 e. The van der Waals surface area contributed by atoms with E-state index in [1.54, 1.807) is 6.19 Å². The van der Waals surface area contributed by atoms with Crippen molar-refractivity contribution < 1.29 is 4.74 Å². The van der Waals surface area contributed by atoms with Gasteiger partial charge in [0.25, 0.3) is 6.02 Å². The Labute approximate surface area is 65.9 Å². The van der Waals surface area contributed by atoms with E-state index in [1.807, 2.05) is 20.8 Å². The zero-order chi connectivity index (χ0) is 8.48. The highest BCUT2D eigenvalue weighted by molar-refractivity contribution is 5.77. The highest BCUT2D eigenvalue weighted by Gasteiger charge is 2.35. The van der Waals surface area contributed by atoms with Crippen molar-refractivity contribution in [3.05, 3.63) is 0 Å². The minimum atomic E-state index is -0.292. The van der Waals surface area contributed by atoms with Crippen LogP contribution in [0.1, 0.15) is 20.8 Å². The molecule has 1 atom stereocenters. The molecule has 0 aliphatic carbocycles. The van der Waals surface area contributed by atoms with E-state index in [1.165, 1.54) is 0 Å². The van der Waals surface area contributed by atoms with Gasteiger partial charge in [0.05, 0.1) is 6.04 Å². The number of aliphatic imine (C=N–C) groups is 1. The fourth-order valence-corrected chi connectivity index (χ4v) is 0.798. The van der Waals surface area contributed by atoms with Crippen molar-refractivity contribution in [2.45, 2.75) is 32.4 Å². The summed E-state index contributed by atoms with van der Waals surface area (Å²) in [7, 11) is 0. The van der Waals surface area contributed by atoms with Crippen molar-refractivity contribution in [3.8, 4) is 6.19 Å². The molecule has 1 heterocycles.